The highest BCUT2D eigenvalue weighted by molar-refractivity contribution is 5.92. The maximum atomic E-state index is 5.63. The Morgan fingerprint density at radius 1 is 1.00 bits per heavy atom. The third kappa shape index (κ3) is 3.67. The molecule has 7 nitrogen and oxygen atoms in total. The quantitative estimate of drug-likeness (QED) is 0.578. The van der Waals surface area contributed by atoms with Gasteiger partial charge in [-0.15, -0.1) is 0 Å². The van der Waals surface area contributed by atoms with E-state index < -0.39 is 0 Å². The first kappa shape index (κ1) is 16.8. The average molecular weight is 358 g/mol. The zero-order valence-corrected chi connectivity index (χ0v) is 15.0. The number of hydrogen-bond donors (Lipinski definition) is 1. The van der Waals surface area contributed by atoms with Gasteiger partial charge in [-0.25, -0.2) is 19.9 Å². The van der Waals surface area contributed by atoms with Crippen LogP contribution in [0.5, 0.6) is 5.75 Å². The number of benzene rings is 1. The fourth-order valence-electron chi connectivity index (χ4n) is 2.65. The van der Waals surface area contributed by atoms with E-state index >= 15 is 0 Å². The van der Waals surface area contributed by atoms with Gasteiger partial charge < -0.3 is 10.1 Å². The molecular weight excluding hydrogens is 340 g/mol. The Morgan fingerprint density at radius 2 is 1.93 bits per heavy atom. The van der Waals surface area contributed by atoms with Gasteiger partial charge in [0, 0.05) is 24.0 Å². The second kappa shape index (κ2) is 7.33. The summed E-state index contributed by atoms with van der Waals surface area (Å²) in [7, 11) is 0. The van der Waals surface area contributed by atoms with Crippen molar-refractivity contribution in [2.75, 3.05) is 11.9 Å². The molecule has 0 amide bonds. The Hall–Kier alpha value is -3.61. The fraction of sp³-hybridized carbons (Fsp3) is 0.150. The molecule has 7 heteroatoms. The van der Waals surface area contributed by atoms with Crippen molar-refractivity contribution < 1.29 is 4.74 Å². The van der Waals surface area contributed by atoms with Crippen molar-refractivity contribution in [2.45, 2.75) is 13.8 Å². The van der Waals surface area contributed by atoms with Gasteiger partial charge in [-0.3, -0.25) is 4.98 Å². The van der Waals surface area contributed by atoms with Crippen LogP contribution in [0.3, 0.4) is 0 Å². The smallest absolute Gasteiger partial charge is 0.182 e. The predicted molar refractivity (Wildman–Crippen MR) is 104 cm³/mol. The normalized spacial score (nSPS) is 10.7. The van der Waals surface area contributed by atoms with Crippen LogP contribution in [0.4, 0.5) is 11.6 Å². The molecule has 1 aromatic carbocycles. The van der Waals surface area contributed by atoms with Crippen molar-refractivity contribution in [2.24, 2.45) is 0 Å². The summed E-state index contributed by atoms with van der Waals surface area (Å²) in [6.07, 6.45) is 6.69. The largest absolute Gasteiger partial charge is 0.494 e. The van der Waals surface area contributed by atoms with E-state index in [0.717, 1.165) is 22.2 Å². The Kier molecular flexibility index (Phi) is 4.57. The lowest BCUT2D eigenvalue weighted by Gasteiger charge is -2.12. The number of anilines is 2. The molecule has 0 radical (unpaired) electrons. The van der Waals surface area contributed by atoms with Gasteiger partial charge in [0.15, 0.2) is 5.82 Å². The summed E-state index contributed by atoms with van der Waals surface area (Å²) in [6, 6.07) is 9.64. The molecule has 134 valence electrons. The summed E-state index contributed by atoms with van der Waals surface area (Å²) in [5.74, 6) is 2.60. The third-order valence-corrected chi connectivity index (χ3v) is 3.93. The molecule has 0 aliphatic rings. The van der Waals surface area contributed by atoms with E-state index in [1.165, 1.54) is 0 Å². The minimum absolute atomic E-state index is 0.495. The number of aryl methyl sites for hydroxylation is 1. The summed E-state index contributed by atoms with van der Waals surface area (Å²) >= 11 is 0. The average Bonchev–Trinajstić information content (AvgIpc) is 2.71. The molecule has 0 unspecified atom stereocenters. The molecule has 3 heterocycles. The molecule has 4 aromatic rings. The first-order valence-corrected chi connectivity index (χ1v) is 8.63. The molecule has 0 saturated heterocycles. The summed E-state index contributed by atoms with van der Waals surface area (Å²) in [4.78, 5) is 22.1. The Labute approximate surface area is 156 Å². The summed E-state index contributed by atoms with van der Waals surface area (Å²) in [5.41, 5.74) is 2.48. The zero-order chi connectivity index (χ0) is 18.6. The van der Waals surface area contributed by atoms with Gasteiger partial charge in [0.2, 0.25) is 0 Å². The molecule has 0 aliphatic carbocycles. The molecule has 0 spiro atoms. The van der Waals surface area contributed by atoms with Crippen molar-refractivity contribution in [3.8, 4) is 17.3 Å². The first-order valence-electron chi connectivity index (χ1n) is 8.63. The van der Waals surface area contributed by atoms with Gasteiger partial charge in [0.05, 0.1) is 18.3 Å². The molecule has 0 atom stereocenters. The first-order chi connectivity index (χ1) is 13.2. The van der Waals surface area contributed by atoms with Crippen LogP contribution in [-0.2, 0) is 0 Å². The Morgan fingerprint density at radius 3 is 2.67 bits per heavy atom. The molecular formula is C20H18N6O. The number of rotatable bonds is 5. The maximum Gasteiger partial charge on any atom is 0.182 e. The van der Waals surface area contributed by atoms with Crippen molar-refractivity contribution in [3.63, 3.8) is 0 Å². The monoisotopic (exact) mass is 358 g/mol. The van der Waals surface area contributed by atoms with Gasteiger partial charge in [-0.2, -0.15) is 0 Å². The second-order valence-corrected chi connectivity index (χ2v) is 5.94. The topological polar surface area (TPSA) is 85.7 Å². The number of hydrogen-bond acceptors (Lipinski definition) is 7. The molecule has 0 saturated carbocycles. The van der Waals surface area contributed by atoms with E-state index in [9.17, 15) is 0 Å². The molecule has 1 N–H and O–H groups in total. The number of pyridine rings is 1. The molecule has 3 aromatic heterocycles. The van der Waals surface area contributed by atoms with Crippen LogP contribution in [-0.4, -0.2) is 31.5 Å². The lowest BCUT2D eigenvalue weighted by atomic mass is 10.2. The van der Waals surface area contributed by atoms with E-state index in [1.807, 2.05) is 44.2 Å². The van der Waals surface area contributed by atoms with E-state index in [2.05, 4.69) is 30.2 Å². The van der Waals surface area contributed by atoms with Crippen LogP contribution >= 0.6 is 0 Å². The molecule has 0 bridgehead atoms. The number of nitrogens with zero attached hydrogens (tertiary/aromatic N) is 5. The highest BCUT2D eigenvalue weighted by Crippen LogP contribution is 2.29. The van der Waals surface area contributed by atoms with Gasteiger partial charge in [-0.05, 0) is 43.7 Å². The van der Waals surface area contributed by atoms with Crippen LogP contribution in [0.25, 0.3) is 22.4 Å². The molecule has 0 fully saturated rings. The van der Waals surface area contributed by atoms with Gasteiger partial charge in [0.25, 0.3) is 0 Å². The van der Waals surface area contributed by atoms with Crippen LogP contribution < -0.4 is 10.1 Å². The summed E-state index contributed by atoms with van der Waals surface area (Å²) in [5, 5.41) is 4.13. The maximum absolute atomic E-state index is 5.63. The Balaban J connectivity index is 1.85. The highest BCUT2D eigenvalue weighted by atomic mass is 16.5. The van der Waals surface area contributed by atoms with Crippen LogP contribution in [0.15, 0.2) is 55.1 Å². The van der Waals surface area contributed by atoms with Crippen molar-refractivity contribution in [1.82, 2.24) is 24.9 Å². The number of fused-ring (bicyclic) bond motifs is 1. The fourth-order valence-corrected chi connectivity index (χ4v) is 2.65. The SMILES string of the molecule is CCOc1ccc2nc(-c3cnccn3)nc(Nc3ccc(C)cn3)c2c1. The van der Waals surface area contributed by atoms with Crippen LogP contribution in [0.1, 0.15) is 12.5 Å². The third-order valence-electron chi connectivity index (χ3n) is 3.93. The number of aromatic nitrogens is 5. The zero-order valence-electron chi connectivity index (χ0n) is 15.0. The van der Waals surface area contributed by atoms with Gasteiger partial charge >= 0.3 is 0 Å². The van der Waals surface area contributed by atoms with Crippen LogP contribution in [0.2, 0.25) is 0 Å². The van der Waals surface area contributed by atoms with Gasteiger partial charge in [-0.1, -0.05) is 6.07 Å². The molecule has 27 heavy (non-hydrogen) atoms. The summed E-state index contributed by atoms with van der Waals surface area (Å²) < 4.78 is 5.63. The second-order valence-electron chi connectivity index (χ2n) is 5.94. The predicted octanol–water partition coefficient (Wildman–Crippen LogP) is 3.93. The lowest BCUT2D eigenvalue weighted by Crippen LogP contribution is -2.02. The minimum atomic E-state index is 0.495. The van der Waals surface area contributed by atoms with E-state index in [1.54, 1.807) is 24.8 Å². The summed E-state index contributed by atoms with van der Waals surface area (Å²) in [6.45, 7) is 4.54. The van der Waals surface area contributed by atoms with E-state index in [0.29, 0.717) is 29.8 Å². The molecule has 0 aliphatic heterocycles. The van der Waals surface area contributed by atoms with Crippen molar-refractivity contribution in [1.29, 1.82) is 0 Å². The van der Waals surface area contributed by atoms with E-state index in [4.69, 9.17) is 4.74 Å². The Bertz CT molecular complexity index is 1070. The van der Waals surface area contributed by atoms with Crippen molar-refractivity contribution in [3.05, 3.63) is 60.7 Å². The van der Waals surface area contributed by atoms with Gasteiger partial charge in [0.1, 0.15) is 23.1 Å². The standard InChI is InChI=1S/C20H18N6O/c1-3-27-14-5-6-16-15(10-14)19(25-18-7-4-13(2)11-23-18)26-20(24-16)17-12-21-8-9-22-17/h4-12H,3H2,1-2H3,(H,23,24,25,26). The highest BCUT2D eigenvalue weighted by Gasteiger charge is 2.12. The van der Waals surface area contributed by atoms with Crippen LogP contribution in [0, 0.1) is 6.92 Å². The van der Waals surface area contributed by atoms with E-state index in [-0.39, 0.29) is 0 Å². The lowest BCUT2D eigenvalue weighted by molar-refractivity contribution is 0.340. The number of ether oxygens (including phenoxy) is 1. The van der Waals surface area contributed by atoms with Crippen molar-refractivity contribution >= 4 is 22.5 Å². The molecule has 4 rings (SSSR count). The number of nitrogens with one attached hydrogen (secondary N) is 1. The minimum Gasteiger partial charge on any atom is -0.494 e.